The molecule has 1 heterocycles. The van der Waals surface area contributed by atoms with E-state index in [-0.39, 0.29) is 6.29 Å². The normalized spacial score (nSPS) is 33.4. The van der Waals surface area contributed by atoms with Crippen LogP contribution < -0.4 is 5.32 Å². The number of hydrogen-bond acceptors (Lipinski definition) is 4. The predicted octanol–water partition coefficient (Wildman–Crippen LogP) is 0.500. The average molecular weight is 215 g/mol. The molecular weight excluding hydrogens is 194 g/mol. The first kappa shape index (κ1) is 11.3. The second-order valence-electron chi connectivity index (χ2n) is 4.41. The third kappa shape index (κ3) is 3.14. The Morgan fingerprint density at radius 3 is 2.60 bits per heavy atom. The van der Waals surface area contributed by atoms with Crippen LogP contribution in [0.3, 0.4) is 0 Å². The summed E-state index contributed by atoms with van der Waals surface area (Å²) in [6.07, 6.45) is 4.74. The highest BCUT2D eigenvalue weighted by atomic mass is 16.7. The first-order valence-corrected chi connectivity index (χ1v) is 5.97. The summed E-state index contributed by atoms with van der Waals surface area (Å²) in [5.41, 5.74) is 0. The number of nitrogens with one attached hydrogen (secondary N) is 1. The molecule has 4 nitrogen and oxygen atoms in total. The maximum atomic E-state index is 9.25. The topological polar surface area (TPSA) is 50.7 Å². The van der Waals surface area contributed by atoms with Gasteiger partial charge in [-0.25, -0.2) is 0 Å². The quantitative estimate of drug-likeness (QED) is 0.717. The molecule has 0 unspecified atom stereocenters. The molecule has 2 atom stereocenters. The van der Waals surface area contributed by atoms with Gasteiger partial charge < -0.3 is 19.9 Å². The van der Waals surface area contributed by atoms with Gasteiger partial charge in [-0.1, -0.05) is 12.8 Å². The lowest BCUT2D eigenvalue weighted by molar-refractivity contribution is -0.0431. The summed E-state index contributed by atoms with van der Waals surface area (Å²) in [5, 5.41) is 12.7. The van der Waals surface area contributed by atoms with Crippen LogP contribution in [-0.2, 0) is 9.47 Å². The van der Waals surface area contributed by atoms with Gasteiger partial charge in [0.25, 0.3) is 0 Å². The lowest BCUT2D eigenvalue weighted by atomic mass is 9.85. The third-order valence-corrected chi connectivity index (χ3v) is 3.38. The summed E-state index contributed by atoms with van der Waals surface area (Å²) in [5.74, 6) is 0.417. The van der Waals surface area contributed by atoms with Crippen LogP contribution in [-0.4, -0.2) is 43.8 Å². The summed E-state index contributed by atoms with van der Waals surface area (Å²) in [6.45, 7) is 2.46. The monoisotopic (exact) mass is 215 g/mol. The van der Waals surface area contributed by atoms with Gasteiger partial charge in [0.05, 0.1) is 13.2 Å². The Labute approximate surface area is 90.9 Å². The van der Waals surface area contributed by atoms with Crippen LogP contribution in [0, 0.1) is 5.92 Å². The Kier molecular flexibility index (Phi) is 4.38. The van der Waals surface area contributed by atoms with E-state index >= 15 is 0 Å². The molecule has 0 aromatic heterocycles. The smallest absolute Gasteiger partial charge is 0.170 e. The van der Waals surface area contributed by atoms with E-state index in [2.05, 4.69) is 5.32 Å². The molecular formula is C11H21NO3. The molecule has 1 saturated carbocycles. The van der Waals surface area contributed by atoms with E-state index in [1.807, 2.05) is 0 Å². The number of hydrogen-bond donors (Lipinski definition) is 2. The number of aliphatic hydroxyl groups excluding tert-OH is 1. The van der Waals surface area contributed by atoms with Crippen molar-refractivity contribution in [3.63, 3.8) is 0 Å². The molecule has 0 bridgehead atoms. The van der Waals surface area contributed by atoms with Gasteiger partial charge in [-0.3, -0.25) is 0 Å². The standard InChI is InChI=1S/C11H21NO3/c13-8-9-3-1-2-4-10(9)12-7-11-14-5-6-15-11/h9-13H,1-8H2/t9-,10-/m1/s1. The molecule has 0 radical (unpaired) electrons. The minimum Gasteiger partial charge on any atom is -0.396 e. The third-order valence-electron chi connectivity index (χ3n) is 3.38. The fourth-order valence-corrected chi connectivity index (χ4v) is 2.47. The molecule has 15 heavy (non-hydrogen) atoms. The van der Waals surface area contributed by atoms with E-state index in [1.54, 1.807) is 0 Å². The van der Waals surface area contributed by atoms with Crippen molar-refractivity contribution in [1.29, 1.82) is 0 Å². The maximum absolute atomic E-state index is 9.25. The minimum absolute atomic E-state index is 0.0775. The van der Waals surface area contributed by atoms with E-state index < -0.39 is 0 Å². The fraction of sp³-hybridized carbons (Fsp3) is 1.00. The summed E-state index contributed by atoms with van der Waals surface area (Å²) >= 11 is 0. The van der Waals surface area contributed by atoms with Gasteiger partial charge in [-0.15, -0.1) is 0 Å². The molecule has 2 aliphatic rings. The molecule has 0 spiro atoms. The van der Waals surface area contributed by atoms with Crippen molar-refractivity contribution in [2.24, 2.45) is 5.92 Å². The lowest BCUT2D eigenvalue weighted by Gasteiger charge is -2.31. The van der Waals surface area contributed by atoms with E-state index in [1.165, 1.54) is 12.8 Å². The Balaban J connectivity index is 1.71. The van der Waals surface area contributed by atoms with Gasteiger partial charge in [-0.05, 0) is 18.8 Å². The van der Waals surface area contributed by atoms with Crippen LogP contribution in [0.25, 0.3) is 0 Å². The number of rotatable bonds is 4. The molecule has 1 aliphatic carbocycles. The van der Waals surface area contributed by atoms with Crippen molar-refractivity contribution in [2.75, 3.05) is 26.4 Å². The molecule has 0 aromatic rings. The van der Waals surface area contributed by atoms with Crippen LogP contribution in [0.1, 0.15) is 25.7 Å². The first-order chi connectivity index (χ1) is 7.40. The largest absolute Gasteiger partial charge is 0.396 e. The van der Waals surface area contributed by atoms with E-state index in [0.29, 0.717) is 31.8 Å². The Morgan fingerprint density at radius 2 is 1.87 bits per heavy atom. The zero-order valence-electron chi connectivity index (χ0n) is 9.15. The molecule has 2 N–H and O–H groups in total. The van der Waals surface area contributed by atoms with Crippen molar-refractivity contribution in [2.45, 2.75) is 38.0 Å². The van der Waals surface area contributed by atoms with Gasteiger partial charge in [0.1, 0.15) is 0 Å². The van der Waals surface area contributed by atoms with Crippen LogP contribution in [0.15, 0.2) is 0 Å². The maximum Gasteiger partial charge on any atom is 0.170 e. The van der Waals surface area contributed by atoms with Gasteiger partial charge in [-0.2, -0.15) is 0 Å². The highest BCUT2D eigenvalue weighted by Gasteiger charge is 2.25. The SMILES string of the molecule is OC[C@H]1CCCC[C@H]1NCC1OCCO1. The second kappa shape index (κ2) is 5.80. The average Bonchev–Trinajstić information content (AvgIpc) is 2.79. The summed E-state index contributed by atoms with van der Waals surface area (Å²) in [6, 6.07) is 0.441. The molecule has 88 valence electrons. The summed E-state index contributed by atoms with van der Waals surface area (Å²) in [4.78, 5) is 0. The number of aliphatic hydroxyl groups is 1. The van der Waals surface area contributed by atoms with Crippen molar-refractivity contribution in [1.82, 2.24) is 5.32 Å². The van der Waals surface area contributed by atoms with Crippen LogP contribution >= 0.6 is 0 Å². The Morgan fingerprint density at radius 1 is 1.13 bits per heavy atom. The fourth-order valence-electron chi connectivity index (χ4n) is 2.47. The van der Waals surface area contributed by atoms with Gasteiger partial charge in [0.15, 0.2) is 6.29 Å². The van der Waals surface area contributed by atoms with Crippen LogP contribution in [0.5, 0.6) is 0 Å². The summed E-state index contributed by atoms with van der Waals surface area (Å²) < 4.78 is 10.7. The van der Waals surface area contributed by atoms with Crippen LogP contribution in [0.2, 0.25) is 0 Å². The Bertz CT molecular complexity index is 183. The molecule has 4 heteroatoms. The minimum atomic E-state index is -0.0775. The molecule has 0 amide bonds. The van der Waals surface area contributed by atoms with Crippen molar-refractivity contribution < 1.29 is 14.6 Å². The highest BCUT2D eigenvalue weighted by molar-refractivity contribution is 4.80. The van der Waals surface area contributed by atoms with E-state index in [9.17, 15) is 5.11 Å². The zero-order chi connectivity index (χ0) is 10.5. The van der Waals surface area contributed by atoms with Crippen molar-refractivity contribution >= 4 is 0 Å². The highest BCUT2D eigenvalue weighted by Crippen LogP contribution is 2.24. The van der Waals surface area contributed by atoms with Gasteiger partial charge in [0, 0.05) is 19.2 Å². The van der Waals surface area contributed by atoms with Gasteiger partial charge >= 0.3 is 0 Å². The Hall–Kier alpha value is -0.160. The zero-order valence-corrected chi connectivity index (χ0v) is 9.15. The molecule has 1 saturated heterocycles. The lowest BCUT2D eigenvalue weighted by Crippen LogP contribution is -2.43. The predicted molar refractivity (Wildman–Crippen MR) is 56.5 cm³/mol. The number of ether oxygens (including phenoxy) is 2. The second-order valence-corrected chi connectivity index (χ2v) is 4.41. The molecule has 2 rings (SSSR count). The van der Waals surface area contributed by atoms with Gasteiger partial charge in [0.2, 0.25) is 0 Å². The van der Waals surface area contributed by atoms with Crippen molar-refractivity contribution in [3.05, 3.63) is 0 Å². The van der Waals surface area contributed by atoms with E-state index in [0.717, 1.165) is 19.4 Å². The molecule has 2 fully saturated rings. The molecule has 1 aliphatic heterocycles. The van der Waals surface area contributed by atoms with Crippen molar-refractivity contribution in [3.8, 4) is 0 Å². The summed E-state index contributed by atoms with van der Waals surface area (Å²) in [7, 11) is 0. The molecule has 0 aromatic carbocycles. The van der Waals surface area contributed by atoms with Crippen LogP contribution in [0.4, 0.5) is 0 Å². The van der Waals surface area contributed by atoms with E-state index in [4.69, 9.17) is 9.47 Å². The first-order valence-electron chi connectivity index (χ1n) is 5.97.